The summed E-state index contributed by atoms with van der Waals surface area (Å²) in [6, 6.07) is 4.40. The summed E-state index contributed by atoms with van der Waals surface area (Å²) in [5, 5.41) is 9.20. The predicted octanol–water partition coefficient (Wildman–Crippen LogP) is 3.39. The zero-order chi connectivity index (χ0) is 11.8. The fourth-order valence-corrected chi connectivity index (χ4v) is 2.50. The van der Waals surface area contributed by atoms with E-state index in [9.17, 15) is 14.3 Å². The maximum absolute atomic E-state index is 13.1. The monoisotopic (exact) mass is 286 g/mol. The quantitative estimate of drug-likeness (QED) is 0.925. The van der Waals surface area contributed by atoms with Gasteiger partial charge in [0.05, 0.1) is 5.41 Å². The summed E-state index contributed by atoms with van der Waals surface area (Å²) in [7, 11) is 0. The Labute approximate surface area is 102 Å². The molecule has 1 N–H and O–H groups in total. The number of rotatable bonds is 3. The van der Waals surface area contributed by atoms with Crippen molar-refractivity contribution < 1.29 is 14.3 Å². The summed E-state index contributed by atoms with van der Waals surface area (Å²) in [5.74, 6) is -1.09. The minimum Gasteiger partial charge on any atom is -0.481 e. The molecule has 0 bridgehead atoms. The highest BCUT2D eigenvalue weighted by Gasteiger charge is 2.44. The Morgan fingerprint density at radius 3 is 2.69 bits per heavy atom. The largest absolute Gasteiger partial charge is 0.481 e. The molecule has 0 saturated heterocycles. The zero-order valence-electron chi connectivity index (χ0n) is 8.67. The smallest absolute Gasteiger partial charge is 0.309 e. The van der Waals surface area contributed by atoms with Crippen LogP contribution in [0.1, 0.15) is 24.8 Å². The number of hydrogen-bond donors (Lipinski definition) is 1. The van der Waals surface area contributed by atoms with Crippen molar-refractivity contribution in [3.05, 3.63) is 34.1 Å². The van der Waals surface area contributed by atoms with Gasteiger partial charge in [-0.05, 0) is 43.0 Å². The van der Waals surface area contributed by atoms with Crippen LogP contribution in [-0.2, 0) is 11.2 Å². The molecule has 1 aromatic carbocycles. The molecular formula is C12H12BrFO2. The lowest BCUT2D eigenvalue weighted by molar-refractivity contribution is -0.154. The highest BCUT2D eigenvalue weighted by Crippen LogP contribution is 2.44. The van der Waals surface area contributed by atoms with Gasteiger partial charge in [0.25, 0.3) is 0 Å². The van der Waals surface area contributed by atoms with Crippen LogP contribution in [0.4, 0.5) is 4.39 Å². The minimum absolute atomic E-state index is 0.321. The van der Waals surface area contributed by atoms with Gasteiger partial charge in [-0.15, -0.1) is 0 Å². The number of hydrogen-bond acceptors (Lipinski definition) is 1. The molecule has 1 aliphatic rings. The predicted molar refractivity (Wildman–Crippen MR) is 61.7 cm³/mol. The highest BCUT2D eigenvalue weighted by atomic mass is 79.9. The average molecular weight is 287 g/mol. The average Bonchev–Trinajstić information content (AvgIpc) is 2.16. The maximum Gasteiger partial charge on any atom is 0.309 e. The van der Waals surface area contributed by atoms with Crippen LogP contribution in [-0.4, -0.2) is 11.1 Å². The number of aliphatic carboxylic acids is 1. The second-order valence-corrected chi connectivity index (χ2v) is 5.21. The molecule has 0 heterocycles. The van der Waals surface area contributed by atoms with Gasteiger partial charge in [-0.2, -0.15) is 0 Å². The van der Waals surface area contributed by atoms with Gasteiger partial charge in [0.1, 0.15) is 5.82 Å². The molecule has 0 unspecified atom stereocenters. The highest BCUT2D eigenvalue weighted by molar-refractivity contribution is 9.10. The molecule has 4 heteroatoms. The Hall–Kier alpha value is -0.900. The van der Waals surface area contributed by atoms with Crippen molar-refractivity contribution in [3.8, 4) is 0 Å². The van der Waals surface area contributed by atoms with E-state index in [0.717, 1.165) is 16.5 Å². The van der Waals surface area contributed by atoms with E-state index in [1.807, 2.05) is 0 Å². The number of carboxylic acid groups (broad SMARTS) is 1. The first-order valence-corrected chi connectivity index (χ1v) is 6.00. The summed E-state index contributed by atoms with van der Waals surface area (Å²) in [6.45, 7) is 0. The molecule has 1 aromatic rings. The van der Waals surface area contributed by atoms with Crippen LogP contribution in [0.15, 0.2) is 22.7 Å². The van der Waals surface area contributed by atoms with Crippen LogP contribution in [0.5, 0.6) is 0 Å². The molecule has 16 heavy (non-hydrogen) atoms. The molecule has 0 amide bonds. The van der Waals surface area contributed by atoms with E-state index in [-0.39, 0.29) is 5.82 Å². The van der Waals surface area contributed by atoms with Gasteiger partial charge in [0.15, 0.2) is 0 Å². The summed E-state index contributed by atoms with van der Waals surface area (Å²) in [6.07, 6.45) is 2.72. The summed E-state index contributed by atoms with van der Waals surface area (Å²) in [4.78, 5) is 11.2. The summed E-state index contributed by atoms with van der Waals surface area (Å²) >= 11 is 3.33. The molecule has 1 fully saturated rings. The Morgan fingerprint density at radius 1 is 1.50 bits per heavy atom. The Morgan fingerprint density at radius 2 is 2.19 bits per heavy atom. The van der Waals surface area contributed by atoms with Crippen molar-refractivity contribution in [3.63, 3.8) is 0 Å². The van der Waals surface area contributed by atoms with Crippen molar-refractivity contribution in [2.75, 3.05) is 0 Å². The minimum atomic E-state index is -0.769. The molecule has 2 rings (SSSR count). The standard InChI is InChI=1S/C12H12BrFO2/c13-10-3-2-9(14)6-8(10)7-12(11(15)16)4-1-5-12/h2-3,6H,1,4-5,7H2,(H,15,16). The molecule has 0 spiro atoms. The van der Waals surface area contributed by atoms with Crippen molar-refractivity contribution >= 4 is 21.9 Å². The van der Waals surface area contributed by atoms with E-state index in [1.165, 1.54) is 12.1 Å². The van der Waals surface area contributed by atoms with E-state index in [2.05, 4.69) is 15.9 Å². The summed E-state index contributed by atoms with van der Waals surface area (Å²) < 4.78 is 13.9. The fraction of sp³-hybridized carbons (Fsp3) is 0.417. The number of carbonyl (C=O) groups is 1. The molecule has 0 radical (unpaired) electrons. The van der Waals surface area contributed by atoms with Crippen LogP contribution < -0.4 is 0 Å². The first kappa shape index (κ1) is 11.6. The lowest BCUT2D eigenvalue weighted by atomic mass is 9.65. The molecular weight excluding hydrogens is 275 g/mol. The molecule has 0 aliphatic heterocycles. The van der Waals surface area contributed by atoms with Crippen molar-refractivity contribution in [1.82, 2.24) is 0 Å². The third-order valence-corrected chi connectivity index (χ3v) is 4.07. The number of halogens is 2. The van der Waals surface area contributed by atoms with E-state index < -0.39 is 11.4 Å². The molecule has 1 aliphatic carbocycles. The third-order valence-electron chi connectivity index (χ3n) is 3.30. The van der Waals surface area contributed by atoms with Gasteiger partial charge >= 0.3 is 5.97 Å². The molecule has 2 nitrogen and oxygen atoms in total. The molecule has 0 atom stereocenters. The Bertz CT molecular complexity index is 427. The van der Waals surface area contributed by atoms with Crippen molar-refractivity contribution in [2.45, 2.75) is 25.7 Å². The van der Waals surface area contributed by atoms with Gasteiger partial charge in [-0.3, -0.25) is 4.79 Å². The zero-order valence-corrected chi connectivity index (χ0v) is 10.3. The first-order chi connectivity index (χ1) is 7.53. The molecule has 1 saturated carbocycles. The molecule has 0 aromatic heterocycles. The second kappa shape index (κ2) is 4.17. The van der Waals surface area contributed by atoms with Crippen LogP contribution in [0.2, 0.25) is 0 Å². The topological polar surface area (TPSA) is 37.3 Å². The van der Waals surface area contributed by atoms with Crippen LogP contribution in [0.25, 0.3) is 0 Å². The normalized spacial score (nSPS) is 17.9. The van der Waals surface area contributed by atoms with Gasteiger partial charge in [0, 0.05) is 4.47 Å². The van der Waals surface area contributed by atoms with Crippen molar-refractivity contribution in [2.24, 2.45) is 5.41 Å². The van der Waals surface area contributed by atoms with E-state index in [0.29, 0.717) is 19.3 Å². The maximum atomic E-state index is 13.1. The lowest BCUT2D eigenvalue weighted by Gasteiger charge is -2.38. The van der Waals surface area contributed by atoms with Crippen LogP contribution >= 0.6 is 15.9 Å². The SMILES string of the molecule is O=C(O)C1(Cc2cc(F)ccc2Br)CCC1. The van der Waals surface area contributed by atoms with Crippen LogP contribution in [0, 0.1) is 11.2 Å². The Kier molecular flexibility index (Phi) is 3.02. The van der Waals surface area contributed by atoms with E-state index in [1.54, 1.807) is 6.07 Å². The fourth-order valence-electron chi connectivity index (χ4n) is 2.11. The first-order valence-electron chi connectivity index (χ1n) is 5.21. The summed E-state index contributed by atoms with van der Waals surface area (Å²) in [5.41, 5.74) is 0.0677. The van der Waals surface area contributed by atoms with E-state index in [4.69, 9.17) is 0 Å². The van der Waals surface area contributed by atoms with Gasteiger partial charge in [0.2, 0.25) is 0 Å². The number of benzene rings is 1. The number of carboxylic acids is 1. The van der Waals surface area contributed by atoms with Gasteiger partial charge in [-0.25, -0.2) is 4.39 Å². The molecule has 86 valence electrons. The third kappa shape index (κ3) is 1.98. The second-order valence-electron chi connectivity index (χ2n) is 4.35. The Balaban J connectivity index is 2.26. The lowest BCUT2D eigenvalue weighted by Crippen LogP contribution is -2.39. The van der Waals surface area contributed by atoms with E-state index >= 15 is 0 Å². The van der Waals surface area contributed by atoms with Crippen molar-refractivity contribution in [1.29, 1.82) is 0 Å². The van der Waals surface area contributed by atoms with Gasteiger partial charge < -0.3 is 5.11 Å². The van der Waals surface area contributed by atoms with Crippen LogP contribution in [0.3, 0.4) is 0 Å². The van der Waals surface area contributed by atoms with Gasteiger partial charge in [-0.1, -0.05) is 22.4 Å².